The van der Waals surface area contributed by atoms with Gasteiger partial charge in [0.25, 0.3) is 0 Å². The van der Waals surface area contributed by atoms with Gasteiger partial charge in [0.05, 0.1) is 17.7 Å². The number of nitriles is 1. The molecule has 0 unspecified atom stereocenters. The van der Waals surface area contributed by atoms with Gasteiger partial charge in [0.15, 0.2) is 0 Å². The van der Waals surface area contributed by atoms with Crippen LogP contribution in [0.1, 0.15) is 42.7 Å². The molecule has 0 aliphatic heterocycles. The fourth-order valence-corrected chi connectivity index (χ4v) is 3.32. The van der Waals surface area contributed by atoms with Crippen molar-refractivity contribution in [2.75, 3.05) is 7.11 Å². The first-order valence-electron chi connectivity index (χ1n) is 7.93. The normalized spacial score (nSPS) is 21.3. The number of ether oxygens (including phenoxy) is 1. The summed E-state index contributed by atoms with van der Waals surface area (Å²) in [5.74, 6) is 0.668. The van der Waals surface area contributed by atoms with Gasteiger partial charge >= 0.3 is 0 Å². The molecule has 2 nitrogen and oxygen atoms in total. The highest BCUT2D eigenvalue weighted by molar-refractivity contribution is 5.64. The van der Waals surface area contributed by atoms with E-state index in [-0.39, 0.29) is 0 Å². The largest absolute Gasteiger partial charge is 0.381 e. The molecule has 1 saturated carbocycles. The second-order valence-electron chi connectivity index (χ2n) is 6.02. The van der Waals surface area contributed by atoms with E-state index in [1.54, 1.807) is 0 Å². The molecule has 0 N–H and O–H groups in total. The Bertz CT molecular complexity index is 644. The predicted molar refractivity (Wildman–Crippen MR) is 88.6 cm³/mol. The first kappa shape index (κ1) is 14.8. The summed E-state index contributed by atoms with van der Waals surface area (Å²) in [6.45, 7) is 0. The molecule has 112 valence electrons. The Kier molecular flexibility index (Phi) is 4.56. The summed E-state index contributed by atoms with van der Waals surface area (Å²) in [7, 11) is 1.82. The van der Waals surface area contributed by atoms with Crippen LogP contribution in [0.5, 0.6) is 0 Å². The van der Waals surface area contributed by atoms with Gasteiger partial charge in [-0.05, 0) is 60.4 Å². The number of rotatable bonds is 3. The maximum absolute atomic E-state index is 8.86. The maximum atomic E-state index is 8.86. The van der Waals surface area contributed by atoms with Crippen molar-refractivity contribution < 1.29 is 4.74 Å². The number of hydrogen-bond acceptors (Lipinski definition) is 2. The van der Waals surface area contributed by atoms with Gasteiger partial charge in [0.1, 0.15) is 0 Å². The van der Waals surface area contributed by atoms with Crippen molar-refractivity contribution in [1.29, 1.82) is 5.26 Å². The van der Waals surface area contributed by atoms with Gasteiger partial charge in [-0.1, -0.05) is 36.4 Å². The molecule has 0 heterocycles. The van der Waals surface area contributed by atoms with Gasteiger partial charge in [-0.15, -0.1) is 0 Å². The Labute approximate surface area is 132 Å². The van der Waals surface area contributed by atoms with Crippen LogP contribution in [0.2, 0.25) is 0 Å². The quantitative estimate of drug-likeness (QED) is 0.806. The average Bonchev–Trinajstić information content (AvgIpc) is 2.62. The molecule has 0 spiro atoms. The van der Waals surface area contributed by atoms with Crippen LogP contribution in [-0.2, 0) is 4.74 Å². The Morgan fingerprint density at radius 3 is 1.91 bits per heavy atom. The van der Waals surface area contributed by atoms with Gasteiger partial charge in [0.2, 0.25) is 0 Å². The summed E-state index contributed by atoms with van der Waals surface area (Å²) < 4.78 is 5.45. The van der Waals surface area contributed by atoms with Crippen LogP contribution in [0.15, 0.2) is 48.5 Å². The van der Waals surface area contributed by atoms with Crippen molar-refractivity contribution >= 4 is 0 Å². The van der Waals surface area contributed by atoms with E-state index in [4.69, 9.17) is 10.00 Å². The van der Waals surface area contributed by atoms with Crippen molar-refractivity contribution in [3.8, 4) is 17.2 Å². The fraction of sp³-hybridized carbons (Fsp3) is 0.350. The zero-order valence-corrected chi connectivity index (χ0v) is 13.0. The lowest BCUT2D eigenvalue weighted by atomic mass is 9.82. The monoisotopic (exact) mass is 291 g/mol. The van der Waals surface area contributed by atoms with Crippen molar-refractivity contribution in [3.05, 3.63) is 59.7 Å². The lowest BCUT2D eigenvalue weighted by Gasteiger charge is -2.27. The first-order chi connectivity index (χ1) is 10.8. The maximum Gasteiger partial charge on any atom is 0.0991 e. The van der Waals surface area contributed by atoms with Crippen LogP contribution in [0.4, 0.5) is 0 Å². The highest BCUT2D eigenvalue weighted by Crippen LogP contribution is 2.34. The molecule has 2 heteroatoms. The van der Waals surface area contributed by atoms with Gasteiger partial charge < -0.3 is 4.74 Å². The summed E-state index contributed by atoms with van der Waals surface area (Å²) >= 11 is 0. The fourth-order valence-electron chi connectivity index (χ4n) is 3.32. The number of benzene rings is 2. The van der Waals surface area contributed by atoms with Crippen molar-refractivity contribution in [2.24, 2.45) is 0 Å². The molecule has 2 aromatic carbocycles. The molecule has 1 aliphatic rings. The van der Waals surface area contributed by atoms with E-state index in [1.807, 2.05) is 31.4 Å². The number of nitrogens with zero attached hydrogens (tertiary/aromatic N) is 1. The zero-order chi connectivity index (χ0) is 15.4. The minimum absolute atomic E-state index is 0.453. The van der Waals surface area contributed by atoms with Gasteiger partial charge in [-0.3, -0.25) is 0 Å². The summed E-state index contributed by atoms with van der Waals surface area (Å²) in [5.41, 5.74) is 4.51. The second kappa shape index (κ2) is 6.77. The smallest absolute Gasteiger partial charge is 0.0991 e. The molecule has 1 fully saturated rings. The van der Waals surface area contributed by atoms with Crippen LogP contribution >= 0.6 is 0 Å². The molecule has 0 aromatic heterocycles. The summed E-state index contributed by atoms with van der Waals surface area (Å²) in [5, 5.41) is 8.86. The van der Waals surface area contributed by atoms with Gasteiger partial charge in [0, 0.05) is 7.11 Å². The van der Waals surface area contributed by atoms with Crippen LogP contribution in [0.25, 0.3) is 11.1 Å². The standard InChI is InChI=1S/C20H21NO/c1-22-20-12-10-19(11-13-20)18-8-6-17(7-9-18)16-4-2-15(14-21)3-5-16/h2-9,19-20H,10-13H2,1H3. The summed E-state index contributed by atoms with van der Waals surface area (Å²) in [4.78, 5) is 0. The third-order valence-electron chi connectivity index (χ3n) is 4.74. The zero-order valence-electron chi connectivity index (χ0n) is 13.0. The van der Waals surface area contributed by atoms with E-state index >= 15 is 0 Å². The molecule has 3 rings (SSSR count). The first-order valence-corrected chi connectivity index (χ1v) is 7.93. The van der Waals surface area contributed by atoms with E-state index in [0.29, 0.717) is 17.6 Å². The number of methoxy groups -OCH3 is 1. The lowest BCUT2D eigenvalue weighted by Crippen LogP contribution is -2.19. The van der Waals surface area contributed by atoms with Gasteiger partial charge in [-0.2, -0.15) is 5.26 Å². The SMILES string of the molecule is COC1CCC(c2ccc(-c3ccc(C#N)cc3)cc2)CC1. The predicted octanol–water partition coefficient (Wildman–Crippen LogP) is 4.90. The van der Waals surface area contributed by atoms with E-state index in [9.17, 15) is 0 Å². The van der Waals surface area contributed by atoms with E-state index in [0.717, 1.165) is 5.56 Å². The lowest BCUT2D eigenvalue weighted by molar-refractivity contribution is 0.0659. The van der Waals surface area contributed by atoms with Gasteiger partial charge in [-0.25, -0.2) is 0 Å². The third-order valence-corrected chi connectivity index (χ3v) is 4.74. The summed E-state index contributed by atoms with van der Waals surface area (Å²) in [6, 6.07) is 18.8. The Balaban J connectivity index is 1.71. The average molecular weight is 291 g/mol. The molecule has 0 radical (unpaired) electrons. The topological polar surface area (TPSA) is 33.0 Å². The third kappa shape index (κ3) is 3.21. The molecule has 2 aromatic rings. The second-order valence-corrected chi connectivity index (χ2v) is 6.02. The van der Waals surface area contributed by atoms with Crippen molar-refractivity contribution in [3.63, 3.8) is 0 Å². The highest BCUT2D eigenvalue weighted by Gasteiger charge is 2.21. The molecule has 0 amide bonds. The molecular weight excluding hydrogens is 270 g/mol. The van der Waals surface area contributed by atoms with Crippen molar-refractivity contribution in [1.82, 2.24) is 0 Å². The van der Waals surface area contributed by atoms with Crippen LogP contribution < -0.4 is 0 Å². The van der Waals surface area contributed by atoms with Crippen LogP contribution in [-0.4, -0.2) is 13.2 Å². The Hall–Kier alpha value is -2.11. The summed E-state index contributed by atoms with van der Waals surface area (Å²) in [6.07, 6.45) is 5.22. The minimum Gasteiger partial charge on any atom is -0.381 e. The van der Waals surface area contributed by atoms with Crippen molar-refractivity contribution in [2.45, 2.75) is 37.7 Å². The molecule has 0 bridgehead atoms. The van der Waals surface area contributed by atoms with E-state index in [2.05, 4.69) is 30.3 Å². The molecule has 22 heavy (non-hydrogen) atoms. The van der Waals surface area contributed by atoms with E-state index < -0.39 is 0 Å². The Morgan fingerprint density at radius 2 is 1.41 bits per heavy atom. The molecule has 0 saturated heterocycles. The van der Waals surface area contributed by atoms with Crippen LogP contribution in [0, 0.1) is 11.3 Å². The minimum atomic E-state index is 0.453. The molecule has 1 aliphatic carbocycles. The Morgan fingerprint density at radius 1 is 0.864 bits per heavy atom. The number of hydrogen-bond donors (Lipinski definition) is 0. The van der Waals surface area contributed by atoms with E-state index in [1.165, 1.54) is 36.8 Å². The highest BCUT2D eigenvalue weighted by atomic mass is 16.5. The van der Waals surface area contributed by atoms with Crippen LogP contribution in [0.3, 0.4) is 0 Å². The molecular formula is C20H21NO. The molecule has 0 atom stereocenters.